The van der Waals surface area contributed by atoms with E-state index >= 15 is 0 Å². The number of sulfone groups is 1. The number of thiophene rings is 1. The Morgan fingerprint density at radius 1 is 1.25 bits per heavy atom. The van der Waals surface area contributed by atoms with Crippen molar-refractivity contribution in [3.8, 4) is 10.7 Å². The van der Waals surface area contributed by atoms with Gasteiger partial charge in [-0.1, -0.05) is 36.0 Å². The highest BCUT2D eigenvalue weighted by Gasteiger charge is 2.35. The Morgan fingerprint density at radius 2 is 2.07 bits per heavy atom. The number of nitrogens with one attached hydrogen (secondary N) is 1. The minimum atomic E-state index is -3.10. The van der Waals surface area contributed by atoms with Crippen LogP contribution in [0.3, 0.4) is 0 Å². The van der Waals surface area contributed by atoms with Crippen LogP contribution in [0.5, 0.6) is 0 Å². The number of benzene rings is 1. The molecule has 1 aliphatic heterocycles. The maximum atomic E-state index is 13.0. The first-order chi connectivity index (χ1) is 13.5. The SMILES string of the molecule is O=C(CSc1n[nH]c(-c2cccs2)n1)N(c1ccccc1)[C@@H]1CCS(=O)(=O)C1. The van der Waals surface area contributed by atoms with Gasteiger partial charge in [-0.05, 0) is 30.0 Å². The van der Waals surface area contributed by atoms with Crippen LogP contribution < -0.4 is 4.90 Å². The summed E-state index contributed by atoms with van der Waals surface area (Å²) in [5.74, 6) is 0.772. The van der Waals surface area contributed by atoms with E-state index in [1.807, 2.05) is 47.8 Å². The molecule has 2 aromatic heterocycles. The molecule has 1 aromatic carbocycles. The van der Waals surface area contributed by atoms with Crippen LogP contribution >= 0.6 is 23.1 Å². The third-order valence-corrected chi connectivity index (χ3v) is 7.88. The third-order valence-electron chi connectivity index (χ3n) is 4.42. The van der Waals surface area contributed by atoms with Gasteiger partial charge in [-0.25, -0.2) is 13.4 Å². The van der Waals surface area contributed by atoms with Gasteiger partial charge in [0.15, 0.2) is 15.7 Å². The monoisotopic (exact) mass is 434 g/mol. The molecular formula is C18H18N4O3S3. The summed E-state index contributed by atoms with van der Waals surface area (Å²) in [6.45, 7) is 0. The molecule has 3 heterocycles. The van der Waals surface area contributed by atoms with Crippen molar-refractivity contribution in [2.75, 3.05) is 22.2 Å². The van der Waals surface area contributed by atoms with Crippen LogP contribution in [0, 0.1) is 0 Å². The Balaban J connectivity index is 1.48. The van der Waals surface area contributed by atoms with Gasteiger partial charge in [0, 0.05) is 5.69 Å². The number of amides is 1. The molecule has 28 heavy (non-hydrogen) atoms. The molecule has 0 bridgehead atoms. The molecule has 10 heteroatoms. The number of thioether (sulfide) groups is 1. The molecular weight excluding hydrogens is 416 g/mol. The van der Waals surface area contributed by atoms with E-state index in [1.54, 1.807) is 16.2 Å². The Morgan fingerprint density at radius 3 is 2.75 bits per heavy atom. The zero-order chi connectivity index (χ0) is 19.6. The fourth-order valence-electron chi connectivity index (χ4n) is 3.16. The predicted octanol–water partition coefficient (Wildman–Crippen LogP) is 2.85. The normalized spacial score (nSPS) is 18.2. The van der Waals surface area contributed by atoms with Gasteiger partial charge < -0.3 is 4.90 Å². The maximum Gasteiger partial charge on any atom is 0.237 e. The highest BCUT2D eigenvalue weighted by molar-refractivity contribution is 7.99. The van der Waals surface area contributed by atoms with Gasteiger partial charge in [0.05, 0.1) is 28.2 Å². The molecule has 1 saturated heterocycles. The zero-order valence-corrected chi connectivity index (χ0v) is 17.3. The molecule has 7 nitrogen and oxygen atoms in total. The van der Waals surface area contributed by atoms with E-state index in [9.17, 15) is 13.2 Å². The standard InChI is InChI=1S/C18H18N4O3S3/c23-16(11-27-18-19-17(20-21-18)15-7-4-9-26-15)22(13-5-2-1-3-6-13)14-8-10-28(24,25)12-14/h1-7,9,14H,8,10-12H2,(H,19,20,21)/t14-/m1/s1. The lowest BCUT2D eigenvalue weighted by molar-refractivity contribution is -0.116. The van der Waals surface area contributed by atoms with Crippen molar-refractivity contribution in [3.05, 3.63) is 47.8 Å². The van der Waals surface area contributed by atoms with Gasteiger partial charge in [-0.3, -0.25) is 9.89 Å². The molecule has 1 N–H and O–H groups in total. The van der Waals surface area contributed by atoms with Crippen LogP contribution in [0.15, 0.2) is 53.0 Å². The topological polar surface area (TPSA) is 96.0 Å². The molecule has 0 radical (unpaired) electrons. The second kappa shape index (κ2) is 8.06. The molecule has 0 unspecified atom stereocenters. The number of H-pyrrole nitrogens is 1. The molecule has 3 aromatic rings. The lowest BCUT2D eigenvalue weighted by atomic mass is 10.2. The number of aromatic nitrogens is 3. The minimum Gasteiger partial charge on any atom is -0.308 e. The highest BCUT2D eigenvalue weighted by Crippen LogP contribution is 2.27. The molecule has 1 aliphatic rings. The van der Waals surface area contributed by atoms with Crippen LogP contribution in [-0.2, 0) is 14.6 Å². The van der Waals surface area contributed by atoms with Gasteiger partial charge in [-0.2, -0.15) is 0 Å². The van der Waals surface area contributed by atoms with Crippen molar-refractivity contribution in [1.29, 1.82) is 0 Å². The Kier molecular flexibility index (Phi) is 5.51. The van der Waals surface area contributed by atoms with Gasteiger partial charge >= 0.3 is 0 Å². The molecule has 0 aliphatic carbocycles. The van der Waals surface area contributed by atoms with E-state index in [4.69, 9.17) is 0 Å². The van der Waals surface area contributed by atoms with Crippen LogP contribution in [-0.4, -0.2) is 52.8 Å². The van der Waals surface area contributed by atoms with E-state index < -0.39 is 9.84 Å². The van der Waals surface area contributed by atoms with Gasteiger partial charge in [0.25, 0.3) is 0 Å². The second-order valence-electron chi connectivity index (χ2n) is 6.39. The number of hydrogen-bond acceptors (Lipinski definition) is 7. The third kappa shape index (κ3) is 4.29. The number of para-hydroxylation sites is 1. The van der Waals surface area contributed by atoms with Gasteiger partial charge in [0.1, 0.15) is 0 Å². The number of nitrogens with zero attached hydrogens (tertiary/aromatic N) is 3. The summed E-state index contributed by atoms with van der Waals surface area (Å²) in [7, 11) is -3.10. The van der Waals surface area contributed by atoms with Crippen molar-refractivity contribution < 1.29 is 13.2 Å². The number of anilines is 1. The summed E-state index contributed by atoms with van der Waals surface area (Å²) < 4.78 is 23.9. The fourth-order valence-corrected chi connectivity index (χ4v) is 6.18. The fraction of sp³-hybridized carbons (Fsp3) is 0.278. The first-order valence-electron chi connectivity index (χ1n) is 8.68. The molecule has 4 rings (SSSR count). The van der Waals surface area contributed by atoms with E-state index in [1.165, 1.54) is 11.8 Å². The lowest BCUT2D eigenvalue weighted by Crippen LogP contribution is -2.42. The average Bonchev–Trinajstić information content (AvgIpc) is 3.42. The molecule has 1 fully saturated rings. The van der Waals surface area contributed by atoms with Crippen LogP contribution in [0.1, 0.15) is 6.42 Å². The first-order valence-corrected chi connectivity index (χ1v) is 12.4. The molecule has 0 spiro atoms. The molecule has 146 valence electrons. The van der Waals surface area contributed by atoms with E-state index in [-0.39, 0.29) is 29.2 Å². The lowest BCUT2D eigenvalue weighted by Gasteiger charge is -2.28. The van der Waals surface area contributed by atoms with Gasteiger partial charge in [-0.15, -0.1) is 16.4 Å². The number of hydrogen-bond donors (Lipinski definition) is 1. The Labute approximate surface area is 171 Å². The highest BCUT2D eigenvalue weighted by atomic mass is 32.2. The molecule has 0 saturated carbocycles. The van der Waals surface area contributed by atoms with E-state index in [0.717, 1.165) is 4.88 Å². The van der Waals surface area contributed by atoms with Crippen molar-refractivity contribution in [1.82, 2.24) is 15.2 Å². The molecule has 1 amide bonds. The maximum absolute atomic E-state index is 13.0. The van der Waals surface area contributed by atoms with E-state index in [2.05, 4.69) is 15.2 Å². The molecule has 1 atom stereocenters. The quantitative estimate of drug-likeness (QED) is 0.600. The summed E-state index contributed by atoms with van der Waals surface area (Å²) in [6, 6.07) is 12.8. The van der Waals surface area contributed by atoms with Crippen LogP contribution in [0.4, 0.5) is 5.69 Å². The average molecular weight is 435 g/mol. The smallest absolute Gasteiger partial charge is 0.237 e. The minimum absolute atomic E-state index is 0.00147. The summed E-state index contributed by atoms with van der Waals surface area (Å²) in [4.78, 5) is 20.0. The predicted molar refractivity (Wildman–Crippen MR) is 111 cm³/mol. The Hall–Kier alpha value is -2.17. The largest absolute Gasteiger partial charge is 0.308 e. The summed E-state index contributed by atoms with van der Waals surface area (Å²) in [6.07, 6.45) is 0.455. The number of rotatable bonds is 6. The number of carbonyl (C=O) groups excluding carboxylic acids is 1. The zero-order valence-electron chi connectivity index (χ0n) is 14.8. The number of carbonyl (C=O) groups is 1. The van der Waals surface area contributed by atoms with Crippen LogP contribution in [0.25, 0.3) is 10.7 Å². The summed E-state index contributed by atoms with van der Waals surface area (Å²) in [5, 5.41) is 9.50. The van der Waals surface area contributed by atoms with Crippen molar-refractivity contribution in [2.45, 2.75) is 17.6 Å². The van der Waals surface area contributed by atoms with E-state index in [0.29, 0.717) is 23.1 Å². The van der Waals surface area contributed by atoms with Crippen LogP contribution in [0.2, 0.25) is 0 Å². The van der Waals surface area contributed by atoms with Crippen molar-refractivity contribution >= 4 is 44.5 Å². The number of aromatic amines is 1. The van der Waals surface area contributed by atoms with Gasteiger partial charge in [0.2, 0.25) is 11.1 Å². The second-order valence-corrected chi connectivity index (χ2v) is 10.5. The summed E-state index contributed by atoms with van der Waals surface area (Å²) >= 11 is 2.80. The van der Waals surface area contributed by atoms with Crippen molar-refractivity contribution in [3.63, 3.8) is 0 Å². The summed E-state index contributed by atoms with van der Waals surface area (Å²) in [5.41, 5.74) is 0.712. The Bertz CT molecular complexity index is 1050. The van der Waals surface area contributed by atoms with Crippen molar-refractivity contribution in [2.24, 2.45) is 0 Å². The first kappa shape index (κ1) is 19.2.